The molecule has 13 heteroatoms. The van der Waals surface area contributed by atoms with Gasteiger partial charge in [0.1, 0.15) is 19.0 Å². The predicted molar refractivity (Wildman–Crippen MR) is 213 cm³/mol. The van der Waals surface area contributed by atoms with Crippen LogP contribution in [0.2, 0.25) is 0 Å². The van der Waals surface area contributed by atoms with E-state index >= 15 is 4.39 Å². The summed E-state index contributed by atoms with van der Waals surface area (Å²) in [6.45, 7) is 2.97. The number of carbonyl (C=O) groups is 3. The number of aromatic nitrogens is 2. The van der Waals surface area contributed by atoms with E-state index in [1.165, 1.54) is 21.9 Å². The number of rotatable bonds is 11. The second-order valence-electron chi connectivity index (χ2n) is 14.8. The molecule has 4 aromatic carbocycles. The molecule has 0 unspecified atom stereocenters. The third kappa shape index (κ3) is 8.30. The first kappa shape index (κ1) is 38.0. The highest BCUT2D eigenvalue weighted by Crippen LogP contribution is 2.44. The summed E-state index contributed by atoms with van der Waals surface area (Å²) in [4.78, 5) is 57.9. The minimum absolute atomic E-state index is 0.0730. The van der Waals surface area contributed by atoms with Crippen molar-refractivity contribution < 1.29 is 28.2 Å². The average molecular weight is 773 g/mol. The van der Waals surface area contributed by atoms with Crippen molar-refractivity contribution in [3.8, 4) is 11.1 Å². The van der Waals surface area contributed by atoms with Gasteiger partial charge in [0.15, 0.2) is 0 Å². The minimum atomic E-state index is -0.646. The molecule has 12 nitrogen and oxygen atoms in total. The second kappa shape index (κ2) is 17.1. The molecule has 2 N–H and O–H groups in total. The monoisotopic (exact) mass is 772 g/mol. The maximum absolute atomic E-state index is 15.1. The molecule has 57 heavy (non-hydrogen) atoms. The summed E-state index contributed by atoms with van der Waals surface area (Å²) in [6.07, 6.45) is 1.54. The fourth-order valence-corrected chi connectivity index (χ4v) is 8.15. The highest BCUT2D eigenvalue weighted by molar-refractivity contribution is 5.95. The molecule has 5 aromatic rings. The maximum atomic E-state index is 15.1. The fraction of sp³-hybridized carbons (Fsp3) is 0.341. The molecule has 2 aliphatic heterocycles. The van der Waals surface area contributed by atoms with Gasteiger partial charge in [-0.05, 0) is 71.9 Å². The SMILES string of the molecule is O=C(CN(CCOC1CCNCC1)C(=O)OCC1c2ccccc2-c2ccccc21)N1CCN(C(=O)c2cc(Cc3n[nH]c(=O)c4ccccc34)ccc2F)CC1. The molecule has 3 amide bonds. The van der Waals surface area contributed by atoms with E-state index in [1.807, 2.05) is 36.4 Å². The number of piperidine rings is 1. The lowest BCUT2D eigenvalue weighted by atomic mass is 9.98. The first-order valence-corrected chi connectivity index (χ1v) is 19.6. The molecule has 8 rings (SSSR count). The van der Waals surface area contributed by atoms with Crippen LogP contribution in [0, 0.1) is 5.82 Å². The highest BCUT2D eigenvalue weighted by Gasteiger charge is 2.32. The highest BCUT2D eigenvalue weighted by atomic mass is 19.1. The van der Waals surface area contributed by atoms with Crippen LogP contribution in [0.5, 0.6) is 0 Å². The van der Waals surface area contributed by atoms with Crippen molar-refractivity contribution in [1.82, 2.24) is 30.2 Å². The summed E-state index contributed by atoms with van der Waals surface area (Å²) in [6, 6.07) is 27.8. The Morgan fingerprint density at radius 2 is 1.47 bits per heavy atom. The number of benzene rings is 4. The van der Waals surface area contributed by atoms with Gasteiger partial charge in [-0.2, -0.15) is 5.10 Å². The average Bonchev–Trinajstić information content (AvgIpc) is 3.57. The van der Waals surface area contributed by atoms with Crippen LogP contribution in [0.4, 0.5) is 9.18 Å². The van der Waals surface area contributed by atoms with Crippen molar-refractivity contribution in [2.75, 3.05) is 65.6 Å². The molecule has 294 valence electrons. The molecule has 2 saturated heterocycles. The molecular formula is C44H45FN6O6. The van der Waals surface area contributed by atoms with Gasteiger partial charge in [-0.3, -0.25) is 19.3 Å². The van der Waals surface area contributed by atoms with Crippen molar-refractivity contribution in [3.63, 3.8) is 0 Å². The zero-order valence-corrected chi connectivity index (χ0v) is 31.6. The number of nitrogens with one attached hydrogen (secondary N) is 2. The largest absolute Gasteiger partial charge is 0.448 e. The van der Waals surface area contributed by atoms with Gasteiger partial charge < -0.3 is 24.6 Å². The molecule has 1 aliphatic carbocycles. The number of carbonyl (C=O) groups excluding carboxylic acids is 3. The van der Waals surface area contributed by atoms with Gasteiger partial charge in [0, 0.05) is 50.4 Å². The topological polar surface area (TPSA) is 137 Å². The number of hydrogen-bond donors (Lipinski definition) is 2. The summed E-state index contributed by atoms with van der Waals surface area (Å²) < 4.78 is 27.2. The van der Waals surface area contributed by atoms with Crippen molar-refractivity contribution in [1.29, 1.82) is 0 Å². The molecule has 0 spiro atoms. The van der Waals surface area contributed by atoms with Gasteiger partial charge in [0.05, 0.1) is 29.4 Å². The van der Waals surface area contributed by atoms with Gasteiger partial charge in [0.2, 0.25) is 5.91 Å². The van der Waals surface area contributed by atoms with Crippen LogP contribution in [0.1, 0.15) is 51.5 Å². The van der Waals surface area contributed by atoms with Crippen LogP contribution in [0.25, 0.3) is 21.9 Å². The number of ether oxygens (including phenoxy) is 2. The van der Waals surface area contributed by atoms with Crippen LogP contribution in [-0.4, -0.2) is 114 Å². The van der Waals surface area contributed by atoms with Crippen LogP contribution in [0.3, 0.4) is 0 Å². The molecule has 3 heterocycles. The maximum Gasteiger partial charge on any atom is 0.410 e. The predicted octanol–water partition coefficient (Wildman–Crippen LogP) is 4.96. The lowest BCUT2D eigenvalue weighted by Crippen LogP contribution is -2.53. The van der Waals surface area contributed by atoms with Gasteiger partial charge >= 0.3 is 6.09 Å². The number of fused-ring (bicyclic) bond motifs is 4. The number of halogens is 1. The Hall–Kier alpha value is -5.92. The zero-order chi connectivity index (χ0) is 39.3. The van der Waals surface area contributed by atoms with E-state index in [2.05, 4.69) is 39.8 Å². The van der Waals surface area contributed by atoms with Crippen molar-refractivity contribution in [2.45, 2.75) is 31.3 Å². The van der Waals surface area contributed by atoms with Gasteiger partial charge in [-0.15, -0.1) is 0 Å². The van der Waals surface area contributed by atoms with Crippen LogP contribution in [0.15, 0.2) is 95.8 Å². The summed E-state index contributed by atoms with van der Waals surface area (Å²) in [5.74, 6) is -1.52. The molecule has 0 atom stereocenters. The normalized spacial score (nSPS) is 15.7. The molecule has 1 aromatic heterocycles. The van der Waals surface area contributed by atoms with Gasteiger partial charge in [0.25, 0.3) is 11.5 Å². The number of aromatic amines is 1. The summed E-state index contributed by atoms with van der Waals surface area (Å²) in [5, 5.41) is 11.2. The van der Waals surface area contributed by atoms with Gasteiger partial charge in [-0.25, -0.2) is 14.3 Å². The Labute approximate surface area is 329 Å². The standard InChI is InChI=1S/C44H45FN6O6/c45-39-14-13-29(26-40-35-11-5-6-12-36(35)42(53)48-47-40)25-37(39)43(54)50-21-19-49(20-22-50)41(52)27-51(23-24-56-30-15-17-46-18-16-30)44(55)57-28-38-33-9-3-1-7-31(33)32-8-2-4-10-34(32)38/h1-14,25,30,38,46H,15-24,26-28H2,(H,48,53). The minimum Gasteiger partial charge on any atom is -0.448 e. The quantitative estimate of drug-likeness (QED) is 0.193. The number of hydrogen-bond acceptors (Lipinski definition) is 8. The van der Waals surface area contributed by atoms with E-state index in [4.69, 9.17) is 9.47 Å². The third-order valence-electron chi connectivity index (χ3n) is 11.2. The number of piperazine rings is 1. The van der Waals surface area contributed by atoms with E-state index in [0.717, 1.165) is 48.2 Å². The van der Waals surface area contributed by atoms with Crippen LogP contribution < -0.4 is 10.9 Å². The van der Waals surface area contributed by atoms with Gasteiger partial charge in [-0.1, -0.05) is 72.8 Å². The Kier molecular flexibility index (Phi) is 11.4. The van der Waals surface area contributed by atoms with E-state index in [9.17, 15) is 19.2 Å². The van der Waals surface area contributed by atoms with Crippen molar-refractivity contribution in [2.24, 2.45) is 0 Å². The Morgan fingerprint density at radius 1 is 0.825 bits per heavy atom. The summed E-state index contributed by atoms with van der Waals surface area (Å²) >= 11 is 0. The lowest BCUT2D eigenvalue weighted by Gasteiger charge is -2.36. The van der Waals surface area contributed by atoms with Crippen molar-refractivity contribution in [3.05, 3.63) is 135 Å². The Balaban J connectivity index is 0.900. The Bertz CT molecular complexity index is 2290. The number of amides is 3. The summed E-state index contributed by atoms with van der Waals surface area (Å²) in [5.41, 5.74) is 5.35. The molecule has 2 fully saturated rings. The molecular weight excluding hydrogens is 728 g/mol. The first-order valence-electron chi connectivity index (χ1n) is 19.6. The smallest absolute Gasteiger partial charge is 0.410 e. The molecule has 0 radical (unpaired) electrons. The second-order valence-corrected chi connectivity index (χ2v) is 14.8. The van der Waals surface area contributed by atoms with Crippen LogP contribution in [-0.2, 0) is 20.7 Å². The molecule has 3 aliphatic rings. The van der Waals surface area contributed by atoms with Crippen molar-refractivity contribution >= 4 is 28.7 Å². The first-order chi connectivity index (χ1) is 27.8. The Morgan fingerprint density at radius 3 is 2.19 bits per heavy atom. The number of nitrogens with zero attached hydrogens (tertiary/aromatic N) is 4. The molecule has 0 saturated carbocycles. The third-order valence-corrected chi connectivity index (χ3v) is 11.2. The van der Waals surface area contributed by atoms with E-state index in [0.29, 0.717) is 22.0 Å². The van der Waals surface area contributed by atoms with E-state index in [-0.39, 0.29) is 88.0 Å². The van der Waals surface area contributed by atoms with E-state index in [1.54, 1.807) is 23.1 Å². The lowest BCUT2D eigenvalue weighted by molar-refractivity contribution is -0.133. The number of H-pyrrole nitrogens is 1. The van der Waals surface area contributed by atoms with Crippen LogP contribution >= 0.6 is 0 Å². The van der Waals surface area contributed by atoms with E-state index < -0.39 is 17.8 Å². The fourth-order valence-electron chi connectivity index (χ4n) is 8.15. The summed E-state index contributed by atoms with van der Waals surface area (Å²) in [7, 11) is 0. The molecule has 0 bridgehead atoms. The zero-order valence-electron chi connectivity index (χ0n) is 31.6.